The van der Waals surface area contributed by atoms with Crippen LogP contribution in [0, 0.1) is 0 Å². The highest BCUT2D eigenvalue weighted by atomic mass is 16.1. The Kier molecular flexibility index (Phi) is 4.55. The fourth-order valence-corrected chi connectivity index (χ4v) is 2.11. The molecule has 1 aromatic rings. The van der Waals surface area contributed by atoms with Crippen molar-refractivity contribution in [2.45, 2.75) is 25.7 Å². The van der Waals surface area contributed by atoms with Crippen LogP contribution in [0.4, 0.5) is 0 Å². The molecule has 0 unspecified atom stereocenters. The number of amides is 1. The Hall–Kier alpha value is -1.36. The maximum absolute atomic E-state index is 11.6. The van der Waals surface area contributed by atoms with Crippen molar-refractivity contribution in [3.63, 3.8) is 0 Å². The van der Waals surface area contributed by atoms with Crippen LogP contribution in [0.3, 0.4) is 0 Å². The van der Waals surface area contributed by atoms with Gasteiger partial charge in [0.05, 0.1) is 6.33 Å². The second-order valence-electron chi connectivity index (χ2n) is 4.48. The first-order valence-electron chi connectivity index (χ1n) is 6.31. The number of likely N-dealkylation sites (tertiary alicyclic amines) is 1. The van der Waals surface area contributed by atoms with Crippen LogP contribution in [0.15, 0.2) is 12.5 Å². The lowest BCUT2D eigenvalue weighted by atomic mass is 10.3. The Balaban J connectivity index is 1.54. The fourth-order valence-electron chi connectivity index (χ4n) is 2.11. The number of aromatic amines is 1. The highest BCUT2D eigenvalue weighted by Gasteiger charge is 2.12. The van der Waals surface area contributed by atoms with Gasteiger partial charge in [-0.05, 0) is 25.9 Å². The fraction of sp³-hybridized carbons (Fsp3) is 0.667. The summed E-state index contributed by atoms with van der Waals surface area (Å²) in [4.78, 5) is 20.9. The number of carbonyl (C=O) groups excluding carboxylic acids is 1. The standard InChI is InChI=1S/C12H20N4O/c17-12(4-8-16-6-1-2-7-16)14-5-3-11-9-13-10-15-11/h9-10H,1-8H2,(H,13,15)(H,14,17). The van der Waals surface area contributed by atoms with Crippen LogP contribution in [0.25, 0.3) is 0 Å². The number of H-pyrrole nitrogens is 1. The monoisotopic (exact) mass is 236 g/mol. The minimum absolute atomic E-state index is 0.149. The molecule has 17 heavy (non-hydrogen) atoms. The second-order valence-corrected chi connectivity index (χ2v) is 4.48. The molecule has 2 rings (SSSR count). The summed E-state index contributed by atoms with van der Waals surface area (Å²) >= 11 is 0. The third-order valence-corrected chi connectivity index (χ3v) is 3.13. The molecule has 0 aliphatic carbocycles. The average molecular weight is 236 g/mol. The Labute approximate surface area is 102 Å². The van der Waals surface area contributed by atoms with Crippen LogP contribution in [0.5, 0.6) is 0 Å². The zero-order valence-corrected chi connectivity index (χ0v) is 10.1. The van der Waals surface area contributed by atoms with Gasteiger partial charge in [0.15, 0.2) is 0 Å². The summed E-state index contributed by atoms with van der Waals surface area (Å²) in [5.41, 5.74) is 1.06. The predicted octanol–water partition coefficient (Wildman–Crippen LogP) is 0.554. The van der Waals surface area contributed by atoms with E-state index in [1.807, 2.05) is 0 Å². The van der Waals surface area contributed by atoms with Gasteiger partial charge >= 0.3 is 0 Å². The number of nitrogens with zero attached hydrogens (tertiary/aromatic N) is 2. The predicted molar refractivity (Wildman–Crippen MR) is 65.6 cm³/mol. The van der Waals surface area contributed by atoms with E-state index >= 15 is 0 Å². The van der Waals surface area contributed by atoms with Gasteiger partial charge in [0, 0.05) is 37.8 Å². The van der Waals surface area contributed by atoms with Crippen LogP contribution in [0.2, 0.25) is 0 Å². The summed E-state index contributed by atoms with van der Waals surface area (Å²) in [6.07, 6.45) is 7.43. The van der Waals surface area contributed by atoms with Crippen molar-refractivity contribution in [3.8, 4) is 0 Å². The Morgan fingerprint density at radius 3 is 3.00 bits per heavy atom. The summed E-state index contributed by atoms with van der Waals surface area (Å²) in [5.74, 6) is 0.149. The van der Waals surface area contributed by atoms with Gasteiger partial charge < -0.3 is 15.2 Å². The summed E-state index contributed by atoms with van der Waals surface area (Å²) in [6.45, 7) is 3.89. The molecular formula is C12H20N4O. The van der Waals surface area contributed by atoms with Crippen molar-refractivity contribution in [2.24, 2.45) is 0 Å². The van der Waals surface area contributed by atoms with Gasteiger partial charge in [-0.3, -0.25) is 4.79 Å². The van der Waals surface area contributed by atoms with Crippen LogP contribution >= 0.6 is 0 Å². The zero-order chi connectivity index (χ0) is 11.9. The van der Waals surface area contributed by atoms with E-state index in [0.717, 1.165) is 31.7 Å². The highest BCUT2D eigenvalue weighted by Crippen LogP contribution is 2.07. The zero-order valence-electron chi connectivity index (χ0n) is 10.1. The van der Waals surface area contributed by atoms with Crippen LogP contribution in [-0.4, -0.2) is 47.0 Å². The molecule has 1 aliphatic heterocycles. The van der Waals surface area contributed by atoms with Crippen LogP contribution < -0.4 is 5.32 Å². The molecular weight excluding hydrogens is 216 g/mol. The molecule has 2 heterocycles. The molecule has 0 atom stereocenters. The smallest absolute Gasteiger partial charge is 0.221 e. The summed E-state index contributed by atoms with van der Waals surface area (Å²) < 4.78 is 0. The number of rotatable bonds is 6. The average Bonchev–Trinajstić information content (AvgIpc) is 2.99. The van der Waals surface area contributed by atoms with Crippen molar-refractivity contribution >= 4 is 5.91 Å². The molecule has 0 saturated carbocycles. The number of aromatic nitrogens is 2. The van der Waals surface area contributed by atoms with Crippen LogP contribution in [0.1, 0.15) is 25.0 Å². The summed E-state index contributed by atoms with van der Waals surface area (Å²) in [7, 11) is 0. The van der Waals surface area contributed by atoms with Gasteiger partial charge in [-0.1, -0.05) is 0 Å². The maximum Gasteiger partial charge on any atom is 0.221 e. The van der Waals surface area contributed by atoms with E-state index in [-0.39, 0.29) is 5.91 Å². The molecule has 0 spiro atoms. The van der Waals surface area contributed by atoms with Gasteiger partial charge in [0.25, 0.3) is 0 Å². The Morgan fingerprint density at radius 2 is 2.29 bits per heavy atom. The van der Waals surface area contributed by atoms with E-state index in [0.29, 0.717) is 13.0 Å². The van der Waals surface area contributed by atoms with E-state index in [1.54, 1.807) is 12.5 Å². The first kappa shape index (κ1) is 12.1. The number of hydrogen-bond acceptors (Lipinski definition) is 3. The Bertz CT molecular complexity index is 330. The topological polar surface area (TPSA) is 61.0 Å². The van der Waals surface area contributed by atoms with Crippen molar-refractivity contribution in [2.75, 3.05) is 26.2 Å². The molecule has 1 fully saturated rings. The third-order valence-electron chi connectivity index (χ3n) is 3.13. The molecule has 0 radical (unpaired) electrons. The lowest BCUT2D eigenvalue weighted by Crippen LogP contribution is -2.30. The molecule has 1 saturated heterocycles. The first-order chi connectivity index (χ1) is 8.34. The lowest BCUT2D eigenvalue weighted by Gasteiger charge is -2.13. The largest absolute Gasteiger partial charge is 0.356 e. The molecule has 5 heteroatoms. The normalized spacial score (nSPS) is 16.2. The van der Waals surface area contributed by atoms with Gasteiger partial charge in [-0.15, -0.1) is 0 Å². The molecule has 1 aromatic heterocycles. The van der Waals surface area contributed by atoms with E-state index < -0.39 is 0 Å². The van der Waals surface area contributed by atoms with E-state index in [1.165, 1.54) is 12.8 Å². The van der Waals surface area contributed by atoms with Crippen molar-refractivity contribution < 1.29 is 4.79 Å². The highest BCUT2D eigenvalue weighted by molar-refractivity contribution is 5.76. The number of nitrogens with one attached hydrogen (secondary N) is 2. The third kappa shape index (κ3) is 4.19. The summed E-state index contributed by atoms with van der Waals surface area (Å²) in [5, 5.41) is 2.93. The van der Waals surface area contributed by atoms with Crippen molar-refractivity contribution in [1.82, 2.24) is 20.2 Å². The molecule has 2 N–H and O–H groups in total. The van der Waals surface area contributed by atoms with Gasteiger partial charge in [0.1, 0.15) is 0 Å². The molecule has 5 nitrogen and oxygen atoms in total. The van der Waals surface area contributed by atoms with E-state index in [9.17, 15) is 4.79 Å². The second kappa shape index (κ2) is 6.39. The number of imidazole rings is 1. The number of carbonyl (C=O) groups is 1. The number of hydrogen-bond donors (Lipinski definition) is 2. The first-order valence-corrected chi connectivity index (χ1v) is 6.31. The molecule has 0 aromatic carbocycles. The van der Waals surface area contributed by atoms with Gasteiger partial charge in [0.2, 0.25) is 5.91 Å². The summed E-state index contributed by atoms with van der Waals surface area (Å²) in [6, 6.07) is 0. The maximum atomic E-state index is 11.6. The Morgan fingerprint density at radius 1 is 1.47 bits per heavy atom. The molecule has 1 amide bonds. The molecule has 0 bridgehead atoms. The molecule has 94 valence electrons. The van der Waals surface area contributed by atoms with Crippen molar-refractivity contribution in [1.29, 1.82) is 0 Å². The van der Waals surface area contributed by atoms with Crippen molar-refractivity contribution in [3.05, 3.63) is 18.2 Å². The van der Waals surface area contributed by atoms with Gasteiger partial charge in [-0.2, -0.15) is 0 Å². The quantitative estimate of drug-likeness (QED) is 0.758. The van der Waals surface area contributed by atoms with Crippen LogP contribution in [-0.2, 0) is 11.2 Å². The lowest BCUT2D eigenvalue weighted by molar-refractivity contribution is -0.121. The van der Waals surface area contributed by atoms with Gasteiger partial charge in [-0.25, -0.2) is 4.98 Å². The molecule has 1 aliphatic rings. The van der Waals surface area contributed by atoms with E-state index in [4.69, 9.17) is 0 Å². The SMILES string of the molecule is O=C(CCN1CCCC1)NCCc1cnc[nH]1. The minimum atomic E-state index is 0.149. The minimum Gasteiger partial charge on any atom is -0.356 e. The van der Waals surface area contributed by atoms with E-state index in [2.05, 4.69) is 20.2 Å².